The molecule has 92 valence electrons. The summed E-state index contributed by atoms with van der Waals surface area (Å²) >= 11 is 0. The summed E-state index contributed by atoms with van der Waals surface area (Å²) in [7, 11) is 0. The van der Waals surface area contributed by atoms with Crippen molar-refractivity contribution in [1.29, 1.82) is 0 Å². The van der Waals surface area contributed by atoms with Crippen LogP contribution in [0.3, 0.4) is 0 Å². The molecule has 0 bridgehead atoms. The van der Waals surface area contributed by atoms with Crippen LogP contribution in [0.15, 0.2) is 48.5 Å². The molecular weight excluding hydrogens is 228 g/mol. The molecule has 2 aromatic carbocycles. The van der Waals surface area contributed by atoms with E-state index in [0.29, 0.717) is 0 Å². The maximum Gasteiger partial charge on any atom is 0.173 e. The van der Waals surface area contributed by atoms with Gasteiger partial charge in [-0.3, -0.25) is 4.79 Å². The molecule has 3 nitrogen and oxygen atoms in total. The average Bonchev–Trinajstić information content (AvgIpc) is 2.38. The maximum atomic E-state index is 12.2. The third kappa shape index (κ3) is 2.35. The zero-order chi connectivity index (χ0) is 13.1. The van der Waals surface area contributed by atoms with Crippen molar-refractivity contribution >= 4 is 5.78 Å². The molecular formula is C15H14O3. The van der Waals surface area contributed by atoms with Crippen LogP contribution in [0.1, 0.15) is 28.8 Å². The van der Waals surface area contributed by atoms with E-state index in [4.69, 9.17) is 0 Å². The van der Waals surface area contributed by atoms with Crippen molar-refractivity contribution in [3.05, 3.63) is 59.7 Å². The Bertz CT molecular complexity index is 561. The predicted octanol–water partition coefficient (Wildman–Crippen LogP) is 3.08. The van der Waals surface area contributed by atoms with Crippen molar-refractivity contribution in [3.8, 4) is 11.5 Å². The first-order valence-electron chi connectivity index (χ1n) is 5.70. The van der Waals surface area contributed by atoms with Gasteiger partial charge in [-0.1, -0.05) is 37.3 Å². The Morgan fingerprint density at radius 1 is 1.06 bits per heavy atom. The number of rotatable bonds is 3. The third-order valence-electron chi connectivity index (χ3n) is 2.94. The quantitative estimate of drug-likeness (QED) is 0.813. The Labute approximate surface area is 105 Å². The van der Waals surface area contributed by atoms with Gasteiger partial charge in [-0.05, 0) is 17.7 Å². The molecule has 0 aliphatic carbocycles. The van der Waals surface area contributed by atoms with Crippen molar-refractivity contribution in [2.75, 3.05) is 0 Å². The maximum absolute atomic E-state index is 12.2. The Hall–Kier alpha value is -2.29. The lowest BCUT2D eigenvalue weighted by Crippen LogP contribution is -2.09. The van der Waals surface area contributed by atoms with Crippen LogP contribution in [0.5, 0.6) is 11.5 Å². The number of hydrogen-bond acceptors (Lipinski definition) is 3. The second kappa shape index (κ2) is 4.92. The number of carbonyl (C=O) groups is 1. The molecule has 0 radical (unpaired) electrons. The van der Waals surface area contributed by atoms with E-state index in [2.05, 4.69) is 0 Å². The fourth-order valence-electron chi connectivity index (χ4n) is 1.85. The highest BCUT2D eigenvalue weighted by Crippen LogP contribution is 2.28. The molecule has 0 aliphatic rings. The molecule has 0 fully saturated rings. The van der Waals surface area contributed by atoms with Crippen LogP contribution in [0.25, 0.3) is 0 Å². The first kappa shape index (κ1) is 12.2. The molecule has 0 amide bonds. The van der Waals surface area contributed by atoms with E-state index >= 15 is 0 Å². The van der Waals surface area contributed by atoms with Crippen molar-refractivity contribution in [2.45, 2.75) is 12.8 Å². The van der Waals surface area contributed by atoms with E-state index < -0.39 is 0 Å². The van der Waals surface area contributed by atoms with Crippen LogP contribution >= 0.6 is 0 Å². The Morgan fingerprint density at radius 2 is 1.72 bits per heavy atom. The molecule has 0 saturated heterocycles. The van der Waals surface area contributed by atoms with Gasteiger partial charge >= 0.3 is 0 Å². The molecule has 2 N–H and O–H groups in total. The third-order valence-corrected chi connectivity index (χ3v) is 2.94. The zero-order valence-electron chi connectivity index (χ0n) is 10.00. The second-order valence-corrected chi connectivity index (χ2v) is 4.20. The molecule has 2 rings (SSSR count). The number of Topliss-reactive ketones (excluding diaryl/α,β-unsaturated/α-hetero) is 1. The molecule has 3 heteroatoms. The number of phenols is 2. The van der Waals surface area contributed by atoms with Gasteiger partial charge in [0.25, 0.3) is 0 Å². The van der Waals surface area contributed by atoms with Gasteiger partial charge in [-0.15, -0.1) is 0 Å². The molecule has 2 aromatic rings. The minimum Gasteiger partial charge on any atom is -0.508 e. The van der Waals surface area contributed by atoms with Gasteiger partial charge in [-0.2, -0.15) is 0 Å². The van der Waals surface area contributed by atoms with Crippen LogP contribution in [0, 0.1) is 0 Å². The standard InChI is InChI=1S/C15H14O3/c1-10(11-5-3-2-4-6-11)15(18)13-8-7-12(16)9-14(13)17/h2-10,16-17H,1H3. The largest absolute Gasteiger partial charge is 0.508 e. The molecule has 18 heavy (non-hydrogen) atoms. The molecule has 0 aliphatic heterocycles. The Morgan fingerprint density at radius 3 is 2.33 bits per heavy atom. The summed E-state index contributed by atoms with van der Waals surface area (Å²) in [4.78, 5) is 12.2. The lowest BCUT2D eigenvalue weighted by molar-refractivity contribution is 0.0963. The topological polar surface area (TPSA) is 57.5 Å². The molecule has 1 atom stereocenters. The summed E-state index contributed by atoms with van der Waals surface area (Å²) < 4.78 is 0. The van der Waals surface area contributed by atoms with Crippen LogP contribution in [0.4, 0.5) is 0 Å². The SMILES string of the molecule is CC(C(=O)c1ccc(O)cc1O)c1ccccc1. The minimum atomic E-state index is -0.332. The van der Waals surface area contributed by atoms with Crippen molar-refractivity contribution in [2.24, 2.45) is 0 Å². The van der Waals surface area contributed by atoms with Crippen LogP contribution in [-0.4, -0.2) is 16.0 Å². The first-order chi connectivity index (χ1) is 8.59. The normalized spacial score (nSPS) is 12.1. The monoisotopic (exact) mass is 242 g/mol. The summed E-state index contributed by atoms with van der Waals surface area (Å²) in [6.45, 7) is 1.80. The van der Waals surface area contributed by atoms with E-state index in [-0.39, 0.29) is 28.8 Å². The van der Waals surface area contributed by atoms with Gasteiger partial charge in [0.05, 0.1) is 5.56 Å². The van der Waals surface area contributed by atoms with E-state index in [1.165, 1.54) is 18.2 Å². The van der Waals surface area contributed by atoms with Crippen LogP contribution < -0.4 is 0 Å². The molecule has 0 heterocycles. The first-order valence-corrected chi connectivity index (χ1v) is 5.70. The fraction of sp³-hybridized carbons (Fsp3) is 0.133. The van der Waals surface area contributed by atoms with Crippen LogP contribution in [0.2, 0.25) is 0 Å². The van der Waals surface area contributed by atoms with Gasteiger partial charge in [0, 0.05) is 12.0 Å². The number of benzene rings is 2. The van der Waals surface area contributed by atoms with Gasteiger partial charge in [-0.25, -0.2) is 0 Å². The number of ketones is 1. The predicted molar refractivity (Wildman–Crippen MR) is 69.0 cm³/mol. The summed E-state index contributed by atoms with van der Waals surface area (Å²) in [5.41, 5.74) is 1.12. The molecule has 0 aromatic heterocycles. The Balaban J connectivity index is 2.32. The molecule has 0 spiro atoms. The number of hydrogen-bond donors (Lipinski definition) is 2. The smallest absolute Gasteiger partial charge is 0.173 e. The van der Waals surface area contributed by atoms with Gasteiger partial charge in [0.15, 0.2) is 5.78 Å². The minimum absolute atomic E-state index is 0.0589. The van der Waals surface area contributed by atoms with Crippen molar-refractivity contribution in [3.63, 3.8) is 0 Å². The zero-order valence-corrected chi connectivity index (χ0v) is 10.00. The van der Waals surface area contributed by atoms with Gasteiger partial charge < -0.3 is 10.2 Å². The van der Waals surface area contributed by atoms with Crippen LogP contribution in [-0.2, 0) is 0 Å². The summed E-state index contributed by atoms with van der Waals surface area (Å²) in [5, 5.41) is 18.9. The molecule has 1 unspecified atom stereocenters. The van der Waals surface area contributed by atoms with Crippen molar-refractivity contribution in [1.82, 2.24) is 0 Å². The summed E-state index contributed by atoms with van der Waals surface area (Å²) in [6, 6.07) is 13.4. The number of aromatic hydroxyl groups is 2. The van der Waals surface area contributed by atoms with Gasteiger partial charge in [0.2, 0.25) is 0 Å². The fourth-order valence-corrected chi connectivity index (χ4v) is 1.85. The van der Waals surface area contributed by atoms with Crippen molar-refractivity contribution < 1.29 is 15.0 Å². The van der Waals surface area contributed by atoms with E-state index in [1.807, 2.05) is 30.3 Å². The average molecular weight is 242 g/mol. The molecule has 0 saturated carbocycles. The highest BCUT2D eigenvalue weighted by atomic mass is 16.3. The highest BCUT2D eigenvalue weighted by Gasteiger charge is 2.19. The van der Waals surface area contributed by atoms with E-state index in [0.717, 1.165) is 5.56 Å². The Kier molecular flexibility index (Phi) is 3.33. The van der Waals surface area contributed by atoms with Gasteiger partial charge in [0.1, 0.15) is 11.5 Å². The number of carbonyl (C=O) groups excluding carboxylic acids is 1. The second-order valence-electron chi connectivity index (χ2n) is 4.20. The summed E-state index contributed by atoms with van der Waals surface area (Å²) in [5.74, 6) is -0.750. The lowest BCUT2D eigenvalue weighted by Gasteiger charge is -2.12. The van der Waals surface area contributed by atoms with E-state index in [9.17, 15) is 15.0 Å². The van der Waals surface area contributed by atoms with E-state index in [1.54, 1.807) is 6.92 Å². The highest BCUT2D eigenvalue weighted by molar-refractivity contribution is 6.02. The summed E-state index contributed by atoms with van der Waals surface area (Å²) in [6.07, 6.45) is 0. The lowest BCUT2D eigenvalue weighted by atomic mass is 9.92. The number of phenolic OH excluding ortho intramolecular Hbond substituents is 2.